The molecule has 0 radical (unpaired) electrons. The lowest BCUT2D eigenvalue weighted by Crippen LogP contribution is -2.12. The van der Waals surface area contributed by atoms with Crippen LogP contribution in [0.25, 0.3) is 0 Å². The van der Waals surface area contributed by atoms with Crippen molar-refractivity contribution < 1.29 is 4.79 Å². The normalized spacial score (nSPS) is 9.94. The lowest BCUT2D eigenvalue weighted by atomic mass is 10.1. The van der Waals surface area contributed by atoms with E-state index in [9.17, 15) is 4.79 Å². The molecule has 0 aliphatic rings. The van der Waals surface area contributed by atoms with E-state index >= 15 is 0 Å². The van der Waals surface area contributed by atoms with Crippen molar-refractivity contribution in [1.29, 1.82) is 0 Å². The van der Waals surface area contributed by atoms with Gasteiger partial charge in [0, 0.05) is 17.6 Å². The lowest BCUT2D eigenvalue weighted by Gasteiger charge is -2.05. The molecule has 17 heavy (non-hydrogen) atoms. The third kappa shape index (κ3) is 3.04. The highest BCUT2D eigenvalue weighted by atomic mass is 35.5. The standard InChI is InChI=1S/C13H11ClN2O/c14-8-10-3-1-4-11(7-10)13(17)16-12-5-2-6-15-9-12/h1-7,9H,8H2,(H,16,17). The van der Waals surface area contributed by atoms with Crippen molar-refractivity contribution in [3.63, 3.8) is 0 Å². The summed E-state index contributed by atoms with van der Waals surface area (Å²) >= 11 is 5.72. The molecule has 1 amide bonds. The Bertz CT molecular complexity index is 514. The fourth-order valence-corrected chi connectivity index (χ4v) is 1.60. The summed E-state index contributed by atoms with van der Waals surface area (Å²) in [6.45, 7) is 0. The first-order valence-electron chi connectivity index (χ1n) is 5.16. The fraction of sp³-hybridized carbons (Fsp3) is 0.0769. The molecule has 1 aromatic heterocycles. The van der Waals surface area contributed by atoms with Gasteiger partial charge in [0.05, 0.1) is 11.9 Å². The predicted molar refractivity (Wildman–Crippen MR) is 68.2 cm³/mol. The van der Waals surface area contributed by atoms with E-state index in [0.717, 1.165) is 5.56 Å². The number of pyridine rings is 1. The number of alkyl halides is 1. The highest BCUT2D eigenvalue weighted by Crippen LogP contribution is 2.10. The summed E-state index contributed by atoms with van der Waals surface area (Å²) in [7, 11) is 0. The number of nitrogens with zero attached hydrogens (tertiary/aromatic N) is 1. The second-order valence-corrected chi connectivity index (χ2v) is 3.80. The van der Waals surface area contributed by atoms with Crippen LogP contribution in [0.1, 0.15) is 15.9 Å². The van der Waals surface area contributed by atoms with E-state index in [1.165, 1.54) is 0 Å². The van der Waals surface area contributed by atoms with Gasteiger partial charge in [-0.25, -0.2) is 0 Å². The average molecular weight is 247 g/mol. The van der Waals surface area contributed by atoms with Crippen LogP contribution in [-0.2, 0) is 5.88 Å². The largest absolute Gasteiger partial charge is 0.321 e. The minimum Gasteiger partial charge on any atom is -0.321 e. The first kappa shape index (κ1) is 11.6. The number of aromatic nitrogens is 1. The maximum absolute atomic E-state index is 11.9. The van der Waals surface area contributed by atoms with Gasteiger partial charge in [-0.15, -0.1) is 11.6 Å². The molecule has 0 atom stereocenters. The topological polar surface area (TPSA) is 42.0 Å². The van der Waals surface area contributed by atoms with E-state index in [4.69, 9.17) is 11.6 Å². The number of halogens is 1. The Morgan fingerprint density at radius 1 is 1.29 bits per heavy atom. The fourth-order valence-electron chi connectivity index (χ4n) is 1.44. The van der Waals surface area contributed by atoms with Crippen LogP contribution in [0.5, 0.6) is 0 Å². The molecule has 0 saturated carbocycles. The average Bonchev–Trinajstić information content (AvgIpc) is 2.40. The highest BCUT2D eigenvalue weighted by Gasteiger charge is 2.06. The van der Waals surface area contributed by atoms with Gasteiger partial charge in [-0.05, 0) is 29.8 Å². The van der Waals surface area contributed by atoms with E-state index in [0.29, 0.717) is 17.1 Å². The molecule has 0 saturated heterocycles. The highest BCUT2D eigenvalue weighted by molar-refractivity contribution is 6.17. The van der Waals surface area contributed by atoms with Crippen LogP contribution in [0, 0.1) is 0 Å². The summed E-state index contributed by atoms with van der Waals surface area (Å²) in [5.74, 6) is 0.235. The van der Waals surface area contributed by atoms with Gasteiger partial charge in [0.2, 0.25) is 0 Å². The lowest BCUT2D eigenvalue weighted by molar-refractivity contribution is 0.102. The van der Waals surface area contributed by atoms with Crippen molar-refractivity contribution >= 4 is 23.2 Å². The monoisotopic (exact) mass is 246 g/mol. The molecule has 2 rings (SSSR count). The maximum atomic E-state index is 11.9. The first-order chi connectivity index (χ1) is 8.29. The summed E-state index contributed by atoms with van der Waals surface area (Å²) in [5, 5.41) is 2.76. The van der Waals surface area contributed by atoms with Gasteiger partial charge in [-0.3, -0.25) is 9.78 Å². The number of carbonyl (C=O) groups is 1. The van der Waals surface area contributed by atoms with Crippen LogP contribution in [0.4, 0.5) is 5.69 Å². The summed E-state index contributed by atoms with van der Waals surface area (Å²) in [4.78, 5) is 15.8. The molecular weight excluding hydrogens is 236 g/mol. The Morgan fingerprint density at radius 2 is 2.18 bits per heavy atom. The van der Waals surface area contributed by atoms with Crippen LogP contribution < -0.4 is 5.32 Å². The number of rotatable bonds is 3. The second kappa shape index (κ2) is 5.46. The van der Waals surface area contributed by atoms with E-state index in [1.807, 2.05) is 12.1 Å². The molecule has 0 fully saturated rings. The Kier molecular flexibility index (Phi) is 3.73. The van der Waals surface area contributed by atoms with Gasteiger partial charge < -0.3 is 5.32 Å². The minimum atomic E-state index is -0.162. The minimum absolute atomic E-state index is 0.162. The Labute approximate surface area is 104 Å². The summed E-state index contributed by atoms with van der Waals surface area (Å²) in [6, 6.07) is 10.8. The van der Waals surface area contributed by atoms with Gasteiger partial charge >= 0.3 is 0 Å². The number of carbonyl (C=O) groups excluding carboxylic acids is 1. The number of hydrogen-bond donors (Lipinski definition) is 1. The third-order valence-corrected chi connectivity index (χ3v) is 2.57. The zero-order valence-electron chi connectivity index (χ0n) is 9.06. The molecule has 3 nitrogen and oxygen atoms in total. The van der Waals surface area contributed by atoms with E-state index < -0.39 is 0 Å². The zero-order chi connectivity index (χ0) is 12.1. The third-order valence-electron chi connectivity index (χ3n) is 2.26. The number of benzene rings is 1. The Morgan fingerprint density at radius 3 is 2.88 bits per heavy atom. The smallest absolute Gasteiger partial charge is 0.255 e. The SMILES string of the molecule is O=C(Nc1cccnc1)c1cccc(CCl)c1. The van der Waals surface area contributed by atoms with Crippen molar-refractivity contribution in [3.8, 4) is 0 Å². The second-order valence-electron chi connectivity index (χ2n) is 3.53. The summed E-state index contributed by atoms with van der Waals surface area (Å²) in [5.41, 5.74) is 2.19. The van der Waals surface area contributed by atoms with Crippen molar-refractivity contribution in [3.05, 3.63) is 59.9 Å². The van der Waals surface area contributed by atoms with Crippen molar-refractivity contribution in [2.45, 2.75) is 5.88 Å². The van der Waals surface area contributed by atoms with E-state index in [-0.39, 0.29) is 5.91 Å². The first-order valence-corrected chi connectivity index (χ1v) is 5.69. The van der Waals surface area contributed by atoms with Crippen LogP contribution in [0.15, 0.2) is 48.8 Å². The predicted octanol–water partition coefficient (Wildman–Crippen LogP) is 3.07. The number of hydrogen-bond acceptors (Lipinski definition) is 2. The summed E-state index contributed by atoms with van der Waals surface area (Å²) < 4.78 is 0. The zero-order valence-corrected chi connectivity index (χ0v) is 9.82. The van der Waals surface area contributed by atoms with Gasteiger partial charge in [-0.2, -0.15) is 0 Å². The molecule has 4 heteroatoms. The van der Waals surface area contributed by atoms with Crippen LogP contribution in [0.3, 0.4) is 0 Å². The molecule has 2 aromatic rings. The van der Waals surface area contributed by atoms with Gasteiger partial charge in [0.1, 0.15) is 0 Å². The van der Waals surface area contributed by atoms with Crippen LogP contribution in [0.2, 0.25) is 0 Å². The van der Waals surface area contributed by atoms with Crippen molar-refractivity contribution in [2.75, 3.05) is 5.32 Å². The van der Waals surface area contributed by atoms with E-state index in [2.05, 4.69) is 10.3 Å². The molecule has 0 aliphatic heterocycles. The van der Waals surface area contributed by atoms with Crippen LogP contribution >= 0.6 is 11.6 Å². The van der Waals surface area contributed by atoms with Gasteiger partial charge in [-0.1, -0.05) is 12.1 Å². The van der Waals surface area contributed by atoms with Crippen molar-refractivity contribution in [1.82, 2.24) is 4.98 Å². The number of nitrogens with one attached hydrogen (secondary N) is 1. The molecule has 0 aliphatic carbocycles. The van der Waals surface area contributed by atoms with E-state index in [1.54, 1.807) is 36.7 Å². The molecule has 0 spiro atoms. The summed E-state index contributed by atoms with van der Waals surface area (Å²) in [6.07, 6.45) is 3.26. The molecule has 0 unspecified atom stereocenters. The molecule has 1 N–H and O–H groups in total. The van der Waals surface area contributed by atoms with Crippen LogP contribution in [-0.4, -0.2) is 10.9 Å². The molecule has 1 aromatic carbocycles. The molecule has 86 valence electrons. The number of anilines is 1. The molecule has 1 heterocycles. The molecular formula is C13H11ClN2O. The quantitative estimate of drug-likeness (QED) is 0.846. The van der Waals surface area contributed by atoms with Gasteiger partial charge in [0.15, 0.2) is 0 Å². The Hall–Kier alpha value is -1.87. The number of amides is 1. The van der Waals surface area contributed by atoms with Gasteiger partial charge in [0.25, 0.3) is 5.91 Å². The van der Waals surface area contributed by atoms with Crippen molar-refractivity contribution in [2.24, 2.45) is 0 Å². The maximum Gasteiger partial charge on any atom is 0.255 e. The Balaban J connectivity index is 2.14. The molecule has 0 bridgehead atoms.